The summed E-state index contributed by atoms with van der Waals surface area (Å²) in [6.07, 6.45) is -2.64. The van der Waals surface area contributed by atoms with Gasteiger partial charge in [-0.1, -0.05) is 18.5 Å². The van der Waals surface area contributed by atoms with Gasteiger partial charge in [0.05, 0.1) is 10.6 Å². The molecule has 1 N–H and O–H groups in total. The van der Waals surface area contributed by atoms with Crippen molar-refractivity contribution in [1.82, 2.24) is 15.1 Å². The molecule has 1 fully saturated rings. The van der Waals surface area contributed by atoms with Crippen molar-refractivity contribution in [1.29, 1.82) is 0 Å². The zero-order valence-corrected chi connectivity index (χ0v) is 15.3. The molecule has 2 aromatic rings. The van der Waals surface area contributed by atoms with Crippen LogP contribution in [0, 0.1) is 5.92 Å². The average Bonchev–Trinajstić information content (AvgIpc) is 2.63. The Labute approximate surface area is 159 Å². The van der Waals surface area contributed by atoms with E-state index in [9.17, 15) is 18.0 Å². The number of rotatable bonds is 3. The molecular formula is C18H18ClF3N4O. The van der Waals surface area contributed by atoms with E-state index in [4.69, 9.17) is 11.6 Å². The van der Waals surface area contributed by atoms with Crippen molar-refractivity contribution in [3.8, 4) is 0 Å². The van der Waals surface area contributed by atoms with E-state index in [2.05, 4.69) is 22.4 Å². The maximum Gasteiger partial charge on any atom is 0.417 e. The lowest BCUT2D eigenvalue weighted by atomic mass is 9.99. The van der Waals surface area contributed by atoms with Crippen molar-refractivity contribution in [2.45, 2.75) is 25.9 Å². The Morgan fingerprint density at radius 2 is 1.89 bits per heavy atom. The van der Waals surface area contributed by atoms with Crippen LogP contribution in [0.3, 0.4) is 0 Å². The van der Waals surface area contributed by atoms with Crippen LogP contribution in [0.15, 0.2) is 30.3 Å². The summed E-state index contributed by atoms with van der Waals surface area (Å²) >= 11 is 5.60. The first-order valence-corrected chi connectivity index (χ1v) is 8.88. The smallest absolute Gasteiger partial charge is 0.339 e. The standard InChI is InChI=1S/C18H18ClF3N4O/c1-11-6-8-26(9-7-11)17(27)15-4-5-16(25-24-15)23-12-2-3-14(19)13(10-12)18(20,21)22/h2-5,10-11H,6-9H2,1H3,(H,23,25). The molecule has 2 heterocycles. The largest absolute Gasteiger partial charge is 0.417 e. The Hall–Kier alpha value is -2.35. The summed E-state index contributed by atoms with van der Waals surface area (Å²) in [6.45, 7) is 3.53. The molecule has 0 radical (unpaired) electrons. The molecule has 1 saturated heterocycles. The number of hydrogen-bond donors (Lipinski definition) is 1. The van der Waals surface area contributed by atoms with Crippen LogP contribution in [0.5, 0.6) is 0 Å². The number of nitrogens with zero attached hydrogens (tertiary/aromatic N) is 3. The fraction of sp³-hybridized carbons (Fsp3) is 0.389. The highest BCUT2D eigenvalue weighted by atomic mass is 35.5. The molecule has 1 aromatic carbocycles. The number of aromatic nitrogens is 2. The number of halogens is 4. The zero-order chi connectivity index (χ0) is 19.6. The van der Waals surface area contributed by atoms with E-state index >= 15 is 0 Å². The Morgan fingerprint density at radius 1 is 1.19 bits per heavy atom. The predicted molar refractivity (Wildman–Crippen MR) is 96.1 cm³/mol. The number of nitrogens with one attached hydrogen (secondary N) is 1. The van der Waals surface area contributed by atoms with E-state index < -0.39 is 11.7 Å². The van der Waals surface area contributed by atoms with Crippen LogP contribution in [-0.2, 0) is 6.18 Å². The summed E-state index contributed by atoms with van der Waals surface area (Å²) < 4.78 is 38.8. The zero-order valence-electron chi connectivity index (χ0n) is 14.6. The van der Waals surface area contributed by atoms with Gasteiger partial charge in [-0.3, -0.25) is 4.79 Å². The second-order valence-corrected chi connectivity index (χ2v) is 7.00. The monoisotopic (exact) mass is 398 g/mol. The maximum absolute atomic E-state index is 12.9. The lowest BCUT2D eigenvalue weighted by Crippen LogP contribution is -2.38. The SMILES string of the molecule is CC1CCN(C(=O)c2ccc(Nc3ccc(Cl)c(C(F)(F)F)c3)nn2)CC1. The molecule has 144 valence electrons. The van der Waals surface area contributed by atoms with Crippen LogP contribution in [0.25, 0.3) is 0 Å². The molecule has 1 aliphatic heterocycles. The number of carbonyl (C=O) groups excluding carboxylic acids is 1. The number of hydrogen-bond acceptors (Lipinski definition) is 4. The minimum atomic E-state index is -4.55. The highest BCUT2D eigenvalue weighted by Gasteiger charge is 2.33. The molecule has 5 nitrogen and oxygen atoms in total. The molecule has 0 spiro atoms. The molecule has 0 saturated carbocycles. The summed E-state index contributed by atoms with van der Waals surface area (Å²) in [7, 11) is 0. The van der Waals surface area contributed by atoms with Crippen molar-refractivity contribution in [3.05, 3.63) is 46.6 Å². The van der Waals surface area contributed by atoms with Gasteiger partial charge in [-0.15, -0.1) is 10.2 Å². The third-order valence-electron chi connectivity index (χ3n) is 4.50. The van der Waals surface area contributed by atoms with Gasteiger partial charge in [0, 0.05) is 18.8 Å². The normalized spacial score (nSPS) is 15.7. The second-order valence-electron chi connectivity index (χ2n) is 6.60. The molecule has 0 bridgehead atoms. The molecule has 3 rings (SSSR count). The van der Waals surface area contributed by atoms with Crippen LogP contribution in [0.1, 0.15) is 35.8 Å². The summed E-state index contributed by atoms with van der Waals surface area (Å²) in [4.78, 5) is 14.2. The van der Waals surface area contributed by atoms with Crippen molar-refractivity contribution in [2.24, 2.45) is 5.92 Å². The number of likely N-dealkylation sites (tertiary alicyclic amines) is 1. The Kier molecular flexibility index (Phi) is 5.55. The molecule has 1 aromatic heterocycles. The minimum absolute atomic E-state index is 0.171. The quantitative estimate of drug-likeness (QED) is 0.809. The van der Waals surface area contributed by atoms with Gasteiger partial charge in [0.25, 0.3) is 5.91 Å². The molecule has 0 atom stereocenters. The highest BCUT2D eigenvalue weighted by Crippen LogP contribution is 2.36. The fourth-order valence-electron chi connectivity index (χ4n) is 2.85. The number of piperidine rings is 1. The van der Waals surface area contributed by atoms with E-state index in [-0.39, 0.29) is 28.1 Å². The summed E-state index contributed by atoms with van der Waals surface area (Å²) in [6, 6.07) is 6.49. The topological polar surface area (TPSA) is 58.1 Å². The summed E-state index contributed by atoms with van der Waals surface area (Å²) in [5.41, 5.74) is -0.555. The first-order chi connectivity index (χ1) is 12.7. The van der Waals surface area contributed by atoms with E-state index in [1.54, 1.807) is 4.90 Å². The number of carbonyl (C=O) groups is 1. The minimum Gasteiger partial charge on any atom is -0.339 e. The molecule has 0 unspecified atom stereocenters. The van der Waals surface area contributed by atoms with Crippen molar-refractivity contribution >= 4 is 29.0 Å². The molecule has 1 amide bonds. The van der Waals surface area contributed by atoms with Crippen molar-refractivity contribution in [3.63, 3.8) is 0 Å². The van der Waals surface area contributed by atoms with Crippen LogP contribution < -0.4 is 5.32 Å². The first-order valence-electron chi connectivity index (χ1n) is 8.51. The van der Waals surface area contributed by atoms with Crippen molar-refractivity contribution in [2.75, 3.05) is 18.4 Å². The van der Waals surface area contributed by atoms with Crippen LogP contribution in [-0.4, -0.2) is 34.1 Å². The Morgan fingerprint density at radius 3 is 2.48 bits per heavy atom. The van der Waals surface area contributed by atoms with E-state index in [1.165, 1.54) is 18.2 Å². The van der Waals surface area contributed by atoms with Gasteiger partial charge in [-0.2, -0.15) is 13.2 Å². The Balaban J connectivity index is 1.70. The lowest BCUT2D eigenvalue weighted by Gasteiger charge is -2.29. The molecule has 27 heavy (non-hydrogen) atoms. The number of anilines is 2. The predicted octanol–water partition coefficient (Wildman–Crippen LogP) is 4.76. The number of alkyl halides is 3. The third-order valence-corrected chi connectivity index (χ3v) is 4.83. The molecular weight excluding hydrogens is 381 g/mol. The van der Waals surface area contributed by atoms with E-state index in [1.807, 2.05) is 0 Å². The van der Waals surface area contributed by atoms with E-state index in [0.29, 0.717) is 19.0 Å². The van der Waals surface area contributed by atoms with Gasteiger partial charge >= 0.3 is 6.18 Å². The third kappa shape index (κ3) is 4.68. The molecule has 9 heteroatoms. The van der Waals surface area contributed by atoms with Gasteiger partial charge in [0.2, 0.25) is 0 Å². The van der Waals surface area contributed by atoms with Crippen LogP contribution >= 0.6 is 11.6 Å². The van der Waals surface area contributed by atoms with Crippen molar-refractivity contribution < 1.29 is 18.0 Å². The fourth-order valence-corrected chi connectivity index (χ4v) is 3.08. The molecule has 0 aliphatic carbocycles. The van der Waals surface area contributed by atoms with Gasteiger partial charge in [-0.05, 0) is 49.1 Å². The van der Waals surface area contributed by atoms with E-state index in [0.717, 1.165) is 25.0 Å². The average molecular weight is 399 g/mol. The maximum atomic E-state index is 12.9. The van der Waals surface area contributed by atoms with Gasteiger partial charge in [0.1, 0.15) is 0 Å². The summed E-state index contributed by atoms with van der Waals surface area (Å²) in [5.74, 6) is 0.647. The van der Waals surface area contributed by atoms with Gasteiger partial charge < -0.3 is 10.2 Å². The summed E-state index contributed by atoms with van der Waals surface area (Å²) in [5, 5.41) is 10.2. The second kappa shape index (κ2) is 7.72. The van der Waals surface area contributed by atoms with Crippen LogP contribution in [0.4, 0.5) is 24.7 Å². The van der Waals surface area contributed by atoms with Gasteiger partial charge in [-0.25, -0.2) is 0 Å². The van der Waals surface area contributed by atoms with Gasteiger partial charge in [0.15, 0.2) is 11.5 Å². The number of amides is 1. The van der Waals surface area contributed by atoms with Crippen LogP contribution in [0.2, 0.25) is 5.02 Å². The molecule has 1 aliphatic rings. The first kappa shape index (κ1) is 19.4. The number of benzene rings is 1. The highest BCUT2D eigenvalue weighted by molar-refractivity contribution is 6.31. The lowest BCUT2D eigenvalue weighted by molar-refractivity contribution is -0.137. The Bertz CT molecular complexity index is 818.